The second-order valence-electron chi connectivity index (χ2n) is 3.81. The fraction of sp³-hybridized carbons (Fsp3) is 1.00. The van der Waals surface area contributed by atoms with E-state index in [1.807, 2.05) is 0 Å². The van der Waals surface area contributed by atoms with Crippen LogP contribution in [0.25, 0.3) is 0 Å². The number of nitrogens with one attached hydrogen (secondary N) is 1. The Labute approximate surface area is 69.4 Å². The molecule has 0 heterocycles. The van der Waals surface area contributed by atoms with Crippen LogP contribution in [0.15, 0.2) is 0 Å². The van der Waals surface area contributed by atoms with E-state index in [9.17, 15) is 4.21 Å². The van der Waals surface area contributed by atoms with Crippen LogP contribution >= 0.6 is 0 Å². The van der Waals surface area contributed by atoms with Crippen LogP contribution in [0.2, 0.25) is 0 Å². The largest absolute Gasteiger partial charge is 0.253 e. The highest BCUT2D eigenvalue weighted by atomic mass is 32.2. The van der Waals surface area contributed by atoms with E-state index in [1.54, 1.807) is 0 Å². The van der Waals surface area contributed by atoms with Crippen molar-refractivity contribution < 1.29 is 4.21 Å². The molecular formula is C8H17NOS. The zero-order valence-corrected chi connectivity index (χ0v) is 8.12. The van der Waals surface area contributed by atoms with E-state index in [0.717, 1.165) is 19.3 Å². The van der Waals surface area contributed by atoms with Gasteiger partial charge in [-0.2, -0.15) is 0 Å². The summed E-state index contributed by atoms with van der Waals surface area (Å²) in [5.74, 6) is 1.20. The van der Waals surface area contributed by atoms with Crippen molar-refractivity contribution in [3.63, 3.8) is 0 Å². The van der Waals surface area contributed by atoms with Crippen LogP contribution in [0.3, 0.4) is 0 Å². The zero-order valence-electron chi connectivity index (χ0n) is 7.30. The van der Waals surface area contributed by atoms with Gasteiger partial charge in [-0.1, -0.05) is 13.8 Å². The molecule has 2 nitrogen and oxygen atoms in total. The van der Waals surface area contributed by atoms with Gasteiger partial charge in [-0.25, -0.2) is 4.21 Å². The highest BCUT2D eigenvalue weighted by molar-refractivity contribution is 7.93. The molecule has 0 aromatic heterocycles. The molecule has 0 bridgehead atoms. The fourth-order valence-electron chi connectivity index (χ4n) is 1.03. The van der Waals surface area contributed by atoms with Gasteiger partial charge in [0.25, 0.3) is 0 Å². The van der Waals surface area contributed by atoms with Crippen molar-refractivity contribution in [2.24, 2.45) is 5.92 Å². The van der Waals surface area contributed by atoms with Crippen molar-refractivity contribution in [2.45, 2.75) is 38.4 Å². The number of rotatable bonds is 4. The third kappa shape index (κ3) is 2.81. The molecule has 0 aromatic carbocycles. The maximum absolute atomic E-state index is 11.5. The molecule has 0 radical (unpaired) electrons. The van der Waals surface area contributed by atoms with Crippen molar-refractivity contribution >= 4 is 9.73 Å². The first-order valence-electron chi connectivity index (χ1n) is 4.27. The van der Waals surface area contributed by atoms with Crippen molar-refractivity contribution in [3.05, 3.63) is 0 Å². The van der Waals surface area contributed by atoms with Crippen molar-refractivity contribution in [1.29, 1.82) is 4.78 Å². The molecule has 1 fully saturated rings. The second kappa shape index (κ2) is 3.13. The fourth-order valence-corrected chi connectivity index (χ4v) is 3.08. The Morgan fingerprint density at radius 3 is 2.45 bits per heavy atom. The molecule has 0 unspecified atom stereocenters. The summed E-state index contributed by atoms with van der Waals surface area (Å²) in [6.07, 6.45) is 3.00. The monoisotopic (exact) mass is 175 g/mol. The zero-order chi connectivity index (χ0) is 8.48. The molecular weight excluding hydrogens is 158 g/mol. The van der Waals surface area contributed by atoms with E-state index < -0.39 is 9.73 Å². The summed E-state index contributed by atoms with van der Waals surface area (Å²) in [6, 6.07) is 0. The Bertz CT molecular complexity index is 214. The lowest BCUT2D eigenvalue weighted by molar-refractivity contribution is 0.615. The Balaban J connectivity index is 2.35. The van der Waals surface area contributed by atoms with Gasteiger partial charge in [-0.3, -0.25) is 4.78 Å². The van der Waals surface area contributed by atoms with Crippen LogP contribution in [-0.4, -0.2) is 15.2 Å². The summed E-state index contributed by atoms with van der Waals surface area (Å²) in [4.78, 5) is 0. The summed E-state index contributed by atoms with van der Waals surface area (Å²) < 4.78 is 19.1. The van der Waals surface area contributed by atoms with Crippen molar-refractivity contribution in [1.82, 2.24) is 0 Å². The Kier molecular flexibility index (Phi) is 2.58. The molecule has 1 saturated carbocycles. The normalized spacial score (nSPS) is 23.5. The Hall–Kier alpha value is -0.0500. The van der Waals surface area contributed by atoms with Gasteiger partial charge in [0.1, 0.15) is 0 Å². The molecule has 0 amide bonds. The number of hydrogen-bond acceptors (Lipinski definition) is 2. The Morgan fingerprint density at radius 2 is 2.09 bits per heavy atom. The topological polar surface area (TPSA) is 40.9 Å². The van der Waals surface area contributed by atoms with Crippen molar-refractivity contribution in [2.75, 3.05) is 5.75 Å². The molecule has 1 N–H and O–H groups in total. The minimum absolute atomic E-state index is 0.251. The van der Waals surface area contributed by atoms with Gasteiger partial charge >= 0.3 is 0 Å². The van der Waals surface area contributed by atoms with E-state index >= 15 is 0 Å². The molecule has 3 heteroatoms. The summed E-state index contributed by atoms with van der Waals surface area (Å²) in [7, 11) is -2.18. The lowest BCUT2D eigenvalue weighted by atomic mass is 10.2. The third-order valence-corrected chi connectivity index (χ3v) is 4.45. The SMILES string of the molecule is CC(C)CC[S@](=N)(=O)C1CC1. The average Bonchev–Trinajstić information content (AvgIpc) is 2.64. The quantitative estimate of drug-likeness (QED) is 0.699. The highest BCUT2D eigenvalue weighted by Crippen LogP contribution is 2.30. The van der Waals surface area contributed by atoms with Crippen LogP contribution in [0.1, 0.15) is 33.1 Å². The van der Waals surface area contributed by atoms with Gasteiger partial charge < -0.3 is 0 Å². The van der Waals surface area contributed by atoms with Gasteiger partial charge in [-0.15, -0.1) is 0 Å². The van der Waals surface area contributed by atoms with Crippen LogP contribution in [0.5, 0.6) is 0 Å². The first-order chi connectivity index (χ1) is 5.02. The molecule has 1 aliphatic rings. The summed E-state index contributed by atoms with van der Waals surface area (Å²) in [5, 5.41) is 0.251. The predicted molar refractivity (Wildman–Crippen MR) is 48.2 cm³/mol. The molecule has 1 rings (SSSR count). The summed E-state index contributed by atoms with van der Waals surface area (Å²) in [5.41, 5.74) is 0. The molecule has 1 atom stereocenters. The number of hydrogen-bond donors (Lipinski definition) is 1. The molecule has 66 valence electrons. The molecule has 0 saturated heterocycles. The maximum atomic E-state index is 11.5. The smallest absolute Gasteiger partial charge is 0.0470 e. The molecule has 0 spiro atoms. The lowest BCUT2D eigenvalue weighted by Gasteiger charge is -2.07. The van der Waals surface area contributed by atoms with Gasteiger partial charge in [0.05, 0.1) is 0 Å². The summed E-state index contributed by atoms with van der Waals surface area (Å²) >= 11 is 0. The van der Waals surface area contributed by atoms with E-state index in [-0.39, 0.29) is 5.25 Å². The molecule has 1 aliphatic carbocycles. The third-order valence-electron chi connectivity index (χ3n) is 2.06. The van der Waals surface area contributed by atoms with Crippen LogP contribution < -0.4 is 0 Å². The second-order valence-corrected chi connectivity index (χ2v) is 6.34. The standard InChI is InChI=1S/C8H17NOS/c1-7(2)5-6-11(9,10)8-3-4-8/h7-9H,3-6H2,1-2H3/t11-/m0/s1. The van der Waals surface area contributed by atoms with Gasteiger partial charge in [-0.05, 0) is 25.2 Å². The first-order valence-corrected chi connectivity index (χ1v) is 6.06. The minimum Gasteiger partial charge on any atom is -0.253 e. The molecule has 0 aliphatic heterocycles. The van der Waals surface area contributed by atoms with E-state index in [0.29, 0.717) is 11.7 Å². The maximum Gasteiger partial charge on any atom is 0.0470 e. The van der Waals surface area contributed by atoms with E-state index in [4.69, 9.17) is 4.78 Å². The first kappa shape index (κ1) is 9.04. The summed E-state index contributed by atoms with van der Waals surface area (Å²) in [6.45, 7) is 4.23. The van der Waals surface area contributed by atoms with E-state index in [1.165, 1.54) is 0 Å². The van der Waals surface area contributed by atoms with E-state index in [2.05, 4.69) is 13.8 Å². The molecule has 0 aromatic rings. The minimum atomic E-state index is -2.18. The van der Waals surface area contributed by atoms with Crippen LogP contribution in [0.4, 0.5) is 0 Å². The van der Waals surface area contributed by atoms with Gasteiger partial charge in [0.2, 0.25) is 0 Å². The molecule has 11 heavy (non-hydrogen) atoms. The highest BCUT2D eigenvalue weighted by Gasteiger charge is 2.31. The van der Waals surface area contributed by atoms with Crippen LogP contribution in [-0.2, 0) is 9.73 Å². The lowest BCUT2D eigenvalue weighted by Crippen LogP contribution is -2.11. The van der Waals surface area contributed by atoms with Gasteiger partial charge in [0.15, 0.2) is 0 Å². The predicted octanol–water partition coefficient (Wildman–Crippen LogP) is 2.24. The van der Waals surface area contributed by atoms with Crippen molar-refractivity contribution in [3.8, 4) is 0 Å². The van der Waals surface area contributed by atoms with Crippen LogP contribution in [0, 0.1) is 10.7 Å². The Morgan fingerprint density at radius 1 is 1.55 bits per heavy atom. The van der Waals surface area contributed by atoms with Gasteiger partial charge in [0, 0.05) is 20.7 Å². The average molecular weight is 175 g/mol.